The monoisotopic (exact) mass is 311 g/mol. The average Bonchev–Trinajstić information content (AvgIpc) is 2.21. The molecule has 0 saturated carbocycles. The summed E-state index contributed by atoms with van der Waals surface area (Å²) in [7, 11) is 0. The van der Waals surface area contributed by atoms with E-state index >= 15 is 0 Å². The van der Waals surface area contributed by atoms with Crippen molar-refractivity contribution in [2.45, 2.75) is 30.1 Å². The Labute approximate surface area is 95.3 Å². The summed E-state index contributed by atoms with van der Waals surface area (Å²) < 4.78 is 135. The second-order valence-electron chi connectivity index (χ2n) is 3.37. The van der Waals surface area contributed by atoms with Gasteiger partial charge in [0.25, 0.3) is 0 Å². The maximum Gasteiger partial charge on any atom is 0.475 e. The number of nitrogens with zero attached hydrogens (tertiary/aromatic N) is 1. The average molecular weight is 311 g/mol. The maximum atomic E-state index is 12.7. The van der Waals surface area contributed by atoms with Crippen LogP contribution in [0.25, 0.3) is 0 Å². The third-order valence-corrected chi connectivity index (χ3v) is 2.15. The molecular weight excluding hydrogens is 311 g/mol. The van der Waals surface area contributed by atoms with Crippen molar-refractivity contribution >= 4 is 5.91 Å². The molecule has 0 aromatic rings. The van der Waals surface area contributed by atoms with Crippen LogP contribution in [-0.2, 0) is 4.79 Å². The van der Waals surface area contributed by atoms with Gasteiger partial charge >= 0.3 is 36.0 Å². The van der Waals surface area contributed by atoms with Crippen molar-refractivity contribution < 1.29 is 53.1 Å². The molecule has 1 heterocycles. The predicted octanol–water partition coefficient (Wildman–Crippen LogP) is 2.85. The molecule has 0 atom stereocenters. The van der Waals surface area contributed by atoms with Gasteiger partial charge in [0, 0.05) is 0 Å². The summed E-state index contributed by atoms with van der Waals surface area (Å²) in [5, 5.41) is 0. The summed E-state index contributed by atoms with van der Waals surface area (Å²) in [6.07, 6.45) is -6.94. The first-order valence-corrected chi connectivity index (χ1v) is 3.95. The van der Waals surface area contributed by atoms with Gasteiger partial charge in [0.15, 0.2) is 0 Å². The zero-order valence-electron chi connectivity index (χ0n) is 8.01. The van der Waals surface area contributed by atoms with Gasteiger partial charge in [-0.1, -0.05) is 0 Å². The Bertz CT molecular complexity index is 410. The fourth-order valence-electron chi connectivity index (χ4n) is 1.16. The van der Waals surface area contributed by atoms with Gasteiger partial charge in [-0.05, 0) is 0 Å². The van der Waals surface area contributed by atoms with Gasteiger partial charge in [0.05, 0.1) is 0 Å². The van der Waals surface area contributed by atoms with Crippen LogP contribution in [0.15, 0.2) is 0 Å². The summed E-state index contributed by atoms with van der Waals surface area (Å²) in [4.78, 5) is 7.25. The molecule has 13 heteroatoms. The molecule has 1 saturated heterocycles. The Balaban J connectivity index is 3.51. The Morgan fingerprint density at radius 3 is 1.42 bits per heavy atom. The molecule has 0 unspecified atom stereocenters. The third-order valence-electron chi connectivity index (χ3n) is 2.15. The summed E-state index contributed by atoms with van der Waals surface area (Å²) in [5.74, 6) is -17.1. The normalized spacial score (nSPS) is 25.8. The second-order valence-corrected chi connectivity index (χ2v) is 3.37. The van der Waals surface area contributed by atoms with Crippen LogP contribution in [0.3, 0.4) is 0 Å². The molecule has 0 aromatic carbocycles. The number of rotatable bonds is 1. The minimum atomic E-state index is -6.94. The molecule has 1 aliphatic heterocycles. The van der Waals surface area contributed by atoms with Gasteiger partial charge in [-0.15, -0.1) is 0 Å². The van der Waals surface area contributed by atoms with E-state index < -0.39 is 40.9 Å². The largest absolute Gasteiger partial charge is 0.475 e. The fraction of sp³-hybridized carbons (Fsp3) is 0.833. The van der Waals surface area contributed by atoms with Crippen molar-refractivity contribution in [3.05, 3.63) is 0 Å². The first-order chi connectivity index (χ1) is 8.03. The standard InChI is InChI=1S/C6F11NO/c7-2(8)1(19)18(5(14,15)3(2,9)10)6(16,17)4(11,12)13. The molecule has 0 radical (unpaired) electrons. The van der Waals surface area contributed by atoms with Crippen LogP contribution in [0.5, 0.6) is 0 Å². The molecule has 0 bridgehead atoms. The van der Waals surface area contributed by atoms with Crippen molar-refractivity contribution in [2.24, 2.45) is 0 Å². The Hall–Kier alpha value is -1.30. The molecule has 1 aliphatic rings. The van der Waals surface area contributed by atoms with Crippen molar-refractivity contribution in [3.63, 3.8) is 0 Å². The van der Waals surface area contributed by atoms with E-state index in [0.29, 0.717) is 0 Å². The summed E-state index contributed by atoms with van der Waals surface area (Å²) in [6.45, 7) is 0. The molecule has 0 spiro atoms. The summed E-state index contributed by atoms with van der Waals surface area (Å²) in [6, 6.07) is -13.6. The van der Waals surface area contributed by atoms with Crippen LogP contribution in [0.2, 0.25) is 0 Å². The second kappa shape index (κ2) is 3.42. The molecular formula is C6F11NO. The van der Waals surface area contributed by atoms with Crippen LogP contribution in [0, 0.1) is 0 Å². The molecule has 2 nitrogen and oxygen atoms in total. The predicted molar refractivity (Wildman–Crippen MR) is 32.7 cm³/mol. The van der Waals surface area contributed by atoms with Crippen LogP contribution >= 0.6 is 0 Å². The van der Waals surface area contributed by atoms with Crippen molar-refractivity contribution in [1.29, 1.82) is 0 Å². The van der Waals surface area contributed by atoms with E-state index in [1.54, 1.807) is 0 Å². The highest BCUT2D eigenvalue weighted by Gasteiger charge is 2.90. The van der Waals surface area contributed by atoms with Crippen molar-refractivity contribution in [1.82, 2.24) is 4.90 Å². The summed E-state index contributed by atoms with van der Waals surface area (Å²) >= 11 is 0. The Morgan fingerprint density at radius 1 is 0.842 bits per heavy atom. The number of likely N-dealkylation sites (tertiary alicyclic amines) is 1. The van der Waals surface area contributed by atoms with E-state index in [2.05, 4.69) is 0 Å². The van der Waals surface area contributed by atoms with Crippen molar-refractivity contribution in [2.75, 3.05) is 0 Å². The summed E-state index contributed by atoms with van der Waals surface area (Å²) in [5.41, 5.74) is 0. The number of carbonyl (C=O) groups is 1. The van der Waals surface area contributed by atoms with Gasteiger partial charge in [-0.25, -0.2) is 4.90 Å². The SMILES string of the molecule is O=C1N(C(F)(F)C(F)(F)F)C(F)(F)C(F)(F)C1(F)F. The lowest BCUT2D eigenvalue weighted by Crippen LogP contribution is -2.61. The molecule has 0 N–H and O–H groups in total. The highest BCUT2D eigenvalue weighted by molar-refractivity contribution is 5.89. The van der Waals surface area contributed by atoms with E-state index in [1.807, 2.05) is 0 Å². The van der Waals surface area contributed by atoms with E-state index in [-0.39, 0.29) is 0 Å². The molecule has 112 valence electrons. The van der Waals surface area contributed by atoms with Crippen LogP contribution < -0.4 is 0 Å². The molecule has 1 amide bonds. The van der Waals surface area contributed by atoms with Gasteiger partial charge in [0.1, 0.15) is 0 Å². The Kier molecular flexibility index (Phi) is 2.84. The van der Waals surface area contributed by atoms with Gasteiger partial charge in [-0.2, -0.15) is 48.3 Å². The minimum Gasteiger partial charge on any atom is -0.267 e. The molecule has 19 heavy (non-hydrogen) atoms. The minimum absolute atomic E-state index is 3.14. The van der Waals surface area contributed by atoms with Gasteiger partial charge in [0.2, 0.25) is 0 Å². The topological polar surface area (TPSA) is 20.3 Å². The van der Waals surface area contributed by atoms with Gasteiger partial charge in [-0.3, -0.25) is 4.79 Å². The third kappa shape index (κ3) is 1.59. The van der Waals surface area contributed by atoms with Crippen LogP contribution in [0.1, 0.15) is 0 Å². The fourth-order valence-corrected chi connectivity index (χ4v) is 1.16. The number of hydrogen-bond acceptors (Lipinski definition) is 1. The van der Waals surface area contributed by atoms with E-state index in [1.165, 1.54) is 0 Å². The van der Waals surface area contributed by atoms with E-state index in [4.69, 9.17) is 0 Å². The molecule has 1 rings (SSSR count). The molecule has 0 aliphatic carbocycles. The quantitative estimate of drug-likeness (QED) is 0.539. The number of hydrogen-bond donors (Lipinski definition) is 0. The number of amides is 1. The lowest BCUT2D eigenvalue weighted by atomic mass is 10.2. The maximum absolute atomic E-state index is 12.7. The number of halogens is 11. The highest BCUT2D eigenvalue weighted by Crippen LogP contribution is 2.59. The zero-order chi connectivity index (χ0) is 15.7. The Morgan fingerprint density at radius 2 is 1.21 bits per heavy atom. The van der Waals surface area contributed by atoms with E-state index in [0.717, 1.165) is 0 Å². The van der Waals surface area contributed by atoms with Gasteiger partial charge < -0.3 is 0 Å². The lowest BCUT2D eigenvalue weighted by molar-refractivity contribution is -0.390. The molecule has 1 fully saturated rings. The zero-order valence-corrected chi connectivity index (χ0v) is 8.01. The smallest absolute Gasteiger partial charge is 0.267 e. The lowest BCUT2D eigenvalue weighted by Gasteiger charge is -2.32. The number of carbonyl (C=O) groups excluding carboxylic acids is 1. The van der Waals surface area contributed by atoms with E-state index in [9.17, 15) is 53.1 Å². The number of alkyl halides is 11. The first-order valence-electron chi connectivity index (χ1n) is 3.95. The first kappa shape index (κ1) is 15.8. The van der Waals surface area contributed by atoms with Crippen molar-refractivity contribution in [3.8, 4) is 0 Å². The van der Waals surface area contributed by atoms with Crippen LogP contribution in [0.4, 0.5) is 48.3 Å². The molecule has 0 aromatic heterocycles. The highest BCUT2D eigenvalue weighted by atomic mass is 19.4. The van der Waals surface area contributed by atoms with Crippen LogP contribution in [-0.4, -0.2) is 40.9 Å².